The van der Waals surface area contributed by atoms with E-state index in [2.05, 4.69) is 0 Å². The summed E-state index contributed by atoms with van der Waals surface area (Å²) in [5.41, 5.74) is 3.11. The average molecular weight is 281 g/mol. The lowest BCUT2D eigenvalue weighted by Gasteiger charge is -2.15. The molecule has 21 heavy (non-hydrogen) atoms. The number of ether oxygens (including phenoxy) is 2. The molecule has 2 aromatic carbocycles. The molecule has 0 radical (unpaired) electrons. The first kappa shape index (κ1) is 12.3. The van der Waals surface area contributed by atoms with E-state index in [-0.39, 0.29) is 5.91 Å². The van der Waals surface area contributed by atoms with E-state index < -0.39 is 0 Å². The molecule has 0 saturated carbocycles. The number of nitrogens with zero attached hydrogens (tertiary/aromatic N) is 1. The molecule has 2 heterocycles. The molecule has 0 N–H and O–H groups in total. The van der Waals surface area contributed by atoms with Crippen LogP contribution in [0.2, 0.25) is 0 Å². The zero-order valence-electron chi connectivity index (χ0n) is 11.5. The van der Waals surface area contributed by atoms with Crippen molar-refractivity contribution >= 4 is 5.91 Å². The summed E-state index contributed by atoms with van der Waals surface area (Å²) >= 11 is 0. The minimum absolute atomic E-state index is 0.131. The summed E-state index contributed by atoms with van der Waals surface area (Å²) in [5, 5.41) is 0. The van der Waals surface area contributed by atoms with Gasteiger partial charge in [-0.05, 0) is 35.7 Å². The predicted octanol–water partition coefficient (Wildman–Crippen LogP) is 2.61. The number of hydrogen-bond acceptors (Lipinski definition) is 3. The Kier molecular flexibility index (Phi) is 2.81. The third-order valence-corrected chi connectivity index (χ3v) is 4.00. The van der Waals surface area contributed by atoms with E-state index in [1.54, 1.807) is 0 Å². The number of carbonyl (C=O) groups excluding carboxylic acids is 1. The van der Waals surface area contributed by atoms with Crippen molar-refractivity contribution in [3.05, 3.63) is 59.2 Å². The molecule has 1 amide bonds. The second kappa shape index (κ2) is 4.81. The van der Waals surface area contributed by atoms with E-state index in [4.69, 9.17) is 9.47 Å². The third kappa shape index (κ3) is 2.13. The van der Waals surface area contributed by atoms with Crippen LogP contribution in [0.3, 0.4) is 0 Å². The number of fused-ring (bicyclic) bond motifs is 2. The Bertz CT molecular complexity index is 711. The van der Waals surface area contributed by atoms with Crippen LogP contribution in [0.25, 0.3) is 0 Å². The largest absolute Gasteiger partial charge is 0.454 e. The number of carbonyl (C=O) groups is 1. The van der Waals surface area contributed by atoms with Crippen LogP contribution in [0.15, 0.2) is 42.5 Å². The van der Waals surface area contributed by atoms with Gasteiger partial charge in [0.1, 0.15) is 0 Å². The maximum Gasteiger partial charge on any atom is 0.254 e. The zero-order valence-corrected chi connectivity index (χ0v) is 11.5. The molecule has 0 saturated heterocycles. The van der Waals surface area contributed by atoms with Crippen molar-refractivity contribution in [3.8, 4) is 11.5 Å². The van der Waals surface area contributed by atoms with Gasteiger partial charge in [0.15, 0.2) is 11.5 Å². The van der Waals surface area contributed by atoms with Crippen LogP contribution in [0, 0.1) is 0 Å². The topological polar surface area (TPSA) is 38.8 Å². The van der Waals surface area contributed by atoms with Crippen LogP contribution in [-0.4, -0.2) is 24.1 Å². The van der Waals surface area contributed by atoms with Crippen LogP contribution < -0.4 is 9.47 Å². The van der Waals surface area contributed by atoms with Gasteiger partial charge in [0.05, 0.1) is 0 Å². The minimum atomic E-state index is 0.131. The van der Waals surface area contributed by atoms with Gasteiger partial charge in [-0.1, -0.05) is 24.3 Å². The maximum absolute atomic E-state index is 12.3. The predicted molar refractivity (Wildman–Crippen MR) is 77.5 cm³/mol. The number of hydrogen-bond donors (Lipinski definition) is 0. The van der Waals surface area contributed by atoms with Crippen molar-refractivity contribution in [2.45, 2.75) is 13.0 Å². The second-order valence-corrected chi connectivity index (χ2v) is 5.32. The lowest BCUT2D eigenvalue weighted by molar-refractivity contribution is 0.0780. The van der Waals surface area contributed by atoms with E-state index in [0.29, 0.717) is 19.9 Å². The molecule has 2 aliphatic heterocycles. The fraction of sp³-hybridized carbons (Fsp3) is 0.235. The Morgan fingerprint density at radius 2 is 1.90 bits per heavy atom. The van der Waals surface area contributed by atoms with Crippen molar-refractivity contribution < 1.29 is 14.3 Å². The Balaban J connectivity index is 1.45. The summed E-state index contributed by atoms with van der Waals surface area (Å²) < 4.78 is 10.7. The Hall–Kier alpha value is -2.49. The van der Waals surface area contributed by atoms with E-state index in [1.807, 2.05) is 47.4 Å². The highest BCUT2D eigenvalue weighted by molar-refractivity contribution is 5.98. The van der Waals surface area contributed by atoms with Gasteiger partial charge in [-0.3, -0.25) is 4.79 Å². The van der Waals surface area contributed by atoms with Gasteiger partial charge in [0, 0.05) is 18.7 Å². The monoisotopic (exact) mass is 281 g/mol. The molecular weight excluding hydrogens is 266 g/mol. The maximum atomic E-state index is 12.3. The van der Waals surface area contributed by atoms with Crippen molar-refractivity contribution in [2.24, 2.45) is 0 Å². The number of amides is 1. The first-order chi connectivity index (χ1) is 10.3. The fourth-order valence-corrected chi connectivity index (χ4v) is 2.86. The van der Waals surface area contributed by atoms with E-state index >= 15 is 0 Å². The zero-order chi connectivity index (χ0) is 14.2. The van der Waals surface area contributed by atoms with Crippen molar-refractivity contribution in [2.75, 3.05) is 13.3 Å². The van der Waals surface area contributed by atoms with Gasteiger partial charge in [-0.2, -0.15) is 0 Å². The van der Waals surface area contributed by atoms with Gasteiger partial charge < -0.3 is 14.4 Å². The standard InChI is InChI=1S/C17H15NO3/c19-17-14-4-2-1-3-13(14)10-18(17)8-7-12-5-6-15-16(9-12)21-11-20-15/h1-6,9H,7-8,10-11H2. The number of rotatable bonds is 3. The van der Waals surface area contributed by atoms with Crippen LogP contribution in [-0.2, 0) is 13.0 Å². The third-order valence-electron chi connectivity index (χ3n) is 4.00. The molecule has 2 aromatic rings. The normalized spacial score (nSPS) is 15.4. The molecule has 0 spiro atoms. The Labute approximate surface area is 122 Å². The molecule has 4 rings (SSSR count). The molecule has 106 valence electrons. The molecule has 4 nitrogen and oxygen atoms in total. The second-order valence-electron chi connectivity index (χ2n) is 5.32. The highest BCUT2D eigenvalue weighted by Gasteiger charge is 2.26. The summed E-state index contributed by atoms with van der Waals surface area (Å²) in [6.07, 6.45) is 0.816. The molecule has 0 aliphatic carbocycles. The molecule has 0 bridgehead atoms. The van der Waals surface area contributed by atoms with Gasteiger partial charge in [-0.25, -0.2) is 0 Å². The fourth-order valence-electron chi connectivity index (χ4n) is 2.86. The molecule has 0 atom stereocenters. The Morgan fingerprint density at radius 3 is 2.81 bits per heavy atom. The van der Waals surface area contributed by atoms with Crippen LogP contribution in [0.5, 0.6) is 11.5 Å². The molecule has 4 heteroatoms. The van der Waals surface area contributed by atoms with E-state index in [1.165, 1.54) is 0 Å². The van der Waals surface area contributed by atoms with E-state index in [9.17, 15) is 4.79 Å². The molecular formula is C17H15NO3. The van der Waals surface area contributed by atoms with Gasteiger partial charge >= 0.3 is 0 Å². The summed E-state index contributed by atoms with van der Waals surface area (Å²) in [5.74, 6) is 1.72. The van der Waals surface area contributed by atoms with Gasteiger partial charge in [-0.15, -0.1) is 0 Å². The molecule has 0 aromatic heterocycles. The lowest BCUT2D eigenvalue weighted by Crippen LogP contribution is -2.26. The summed E-state index contributed by atoms with van der Waals surface area (Å²) in [6, 6.07) is 13.8. The Morgan fingerprint density at radius 1 is 1.05 bits per heavy atom. The van der Waals surface area contributed by atoms with Crippen molar-refractivity contribution in [3.63, 3.8) is 0 Å². The number of benzene rings is 2. The summed E-state index contributed by atoms with van der Waals surface area (Å²) in [4.78, 5) is 14.2. The van der Waals surface area contributed by atoms with Crippen LogP contribution in [0.1, 0.15) is 21.5 Å². The molecule has 0 unspecified atom stereocenters. The average Bonchev–Trinajstić information content (AvgIpc) is 3.10. The van der Waals surface area contributed by atoms with Crippen LogP contribution >= 0.6 is 0 Å². The highest BCUT2D eigenvalue weighted by atomic mass is 16.7. The minimum Gasteiger partial charge on any atom is -0.454 e. The molecule has 0 fully saturated rings. The summed E-state index contributed by atoms with van der Waals surface area (Å²) in [7, 11) is 0. The van der Waals surface area contributed by atoms with Gasteiger partial charge in [0.2, 0.25) is 6.79 Å². The quantitative estimate of drug-likeness (QED) is 0.868. The SMILES string of the molecule is O=C1c2ccccc2CN1CCc1ccc2c(c1)OCO2. The summed E-state index contributed by atoms with van der Waals surface area (Å²) in [6.45, 7) is 1.71. The lowest BCUT2D eigenvalue weighted by atomic mass is 10.1. The first-order valence-corrected chi connectivity index (χ1v) is 7.07. The van der Waals surface area contributed by atoms with Crippen LogP contribution in [0.4, 0.5) is 0 Å². The van der Waals surface area contributed by atoms with E-state index in [0.717, 1.165) is 34.6 Å². The highest BCUT2D eigenvalue weighted by Crippen LogP contribution is 2.32. The van der Waals surface area contributed by atoms with Gasteiger partial charge in [0.25, 0.3) is 5.91 Å². The van der Waals surface area contributed by atoms with Crippen molar-refractivity contribution in [1.82, 2.24) is 4.90 Å². The molecule has 2 aliphatic rings. The first-order valence-electron chi connectivity index (χ1n) is 7.07. The smallest absolute Gasteiger partial charge is 0.254 e. The van der Waals surface area contributed by atoms with Crippen molar-refractivity contribution in [1.29, 1.82) is 0 Å².